The molecule has 0 bridgehead atoms. The molecule has 1 heteroatoms. The van der Waals surface area contributed by atoms with Crippen LogP contribution in [0.15, 0.2) is 18.2 Å². The van der Waals surface area contributed by atoms with Gasteiger partial charge in [-0.1, -0.05) is 26.8 Å². The summed E-state index contributed by atoms with van der Waals surface area (Å²) in [4.78, 5) is 0. The molecule has 0 radical (unpaired) electrons. The Balaban J connectivity index is 3.01. The first-order chi connectivity index (χ1) is 7.09. The number of benzene rings is 1. The molecule has 0 saturated carbocycles. The number of hydrogen-bond donors (Lipinski definition) is 0. The van der Waals surface area contributed by atoms with E-state index in [4.69, 9.17) is 4.74 Å². The van der Waals surface area contributed by atoms with Crippen LogP contribution in [0.2, 0.25) is 0 Å². The van der Waals surface area contributed by atoms with Crippen LogP contribution in [0.3, 0.4) is 0 Å². The third-order valence-corrected chi connectivity index (χ3v) is 2.43. The van der Waals surface area contributed by atoms with E-state index >= 15 is 0 Å². The highest BCUT2D eigenvalue weighted by Crippen LogP contribution is 2.29. The summed E-state index contributed by atoms with van der Waals surface area (Å²) in [7, 11) is 0. The van der Waals surface area contributed by atoms with Crippen molar-refractivity contribution in [2.45, 2.75) is 59.5 Å². The van der Waals surface area contributed by atoms with E-state index in [-0.39, 0.29) is 11.0 Å². The van der Waals surface area contributed by atoms with Gasteiger partial charge in [0.2, 0.25) is 0 Å². The predicted octanol–water partition coefficient (Wildman–Crippen LogP) is 4.47. The second-order valence-electron chi connectivity index (χ2n) is 6.44. The first-order valence-electron chi connectivity index (χ1n) is 5.90. The van der Waals surface area contributed by atoms with Crippen molar-refractivity contribution >= 4 is 0 Å². The molecule has 1 rings (SSSR count). The Morgan fingerprint density at radius 3 is 1.88 bits per heavy atom. The minimum Gasteiger partial charge on any atom is -0.488 e. The van der Waals surface area contributed by atoms with Crippen molar-refractivity contribution in [3.05, 3.63) is 29.3 Å². The van der Waals surface area contributed by atoms with E-state index in [1.807, 2.05) is 0 Å². The second-order valence-corrected chi connectivity index (χ2v) is 6.44. The summed E-state index contributed by atoms with van der Waals surface area (Å²) in [6, 6.07) is 6.38. The third-order valence-electron chi connectivity index (χ3n) is 2.43. The molecule has 0 heterocycles. The van der Waals surface area contributed by atoms with Crippen molar-refractivity contribution in [2.75, 3.05) is 0 Å². The molecule has 0 amide bonds. The molecule has 90 valence electrons. The predicted molar refractivity (Wildman–Crippen MR) is 70.3 cm³/mol. The van der Waals surface area contributed by atoms with Crippen molar-refractivity contribution in [1.82, 2.24) is 0 Å². The lowest BCUT2D eigenvalue weighted by molar-refractivity contribution is 0.131. The Hall–Kier alpha value is -0.980. The largest absolute Gasteiger partial charge is 0.488 e. The molecule has 1 aromatic rings. The monoisotopic (exact) mass is 220 g/mol. The van der Waals surface area contributed by atoms with Crippen LogP contribution in [0.25, 0.3) is 0 Å². The molecule has 0 aliphatic heterocycles. The van der Waals surface area contributed by atoms with E-state index < -0.39 is 0 Å². The van der Waals surface area contributed by atoms with Crippen LogP contribution < -0.4 is 4.74 Å². The van der Waals surface area contributed by atoms with Crippen LogP contribution in [-0.2, 0) is 5.41 Å². The van der Waals surface area contributed by atoms with Crippen molar-refractivity contribution < 1.29 is 4.74 Å². The van der Waals surface area contributed by atoms with Crippen LogP contribution in [0.5, 0.6) is 5.75 Å². The molecular formula is C15H24O. The van der Waals surface area contributed by atoms with Gasteiger partial charge in [0.15, 0.2) is 0 Å². The molecule has 0 aliphatic rings. The summed E-state index contributed by atoms with van der Waals surface area (Å²) in [5.41, 5.74) is 2.75. The summed E-state index contributed by atoms with van der Waals surface area (Å²) in [6.07, 6.45) is 0. The van der Waals surface area contributed by atoms with Crippen LogP contribution in [0.4, 0.5) is 0 Å². The maximum atomic E-state index is 5.85. The van der Waals surface area contributed by atoms with Gasteiger partial charge in [0.05, 0.1) is 0 Å². The zero-order valence-electron chi connectivity index (χ0n) is 11.6. The van der Waals surface area contributed by atoms with Crippen LogP contribution >= 0.6 is 0 Å². The van der Waals surface area contributed by atoms with Crippen LogP contribution in [-0.4, -0.2) is 5.60 Å². The van der Waals surface area contributed by atoms with Gasteiger partial charge in [0.25, 0.3) is 0 Å². The summed E-state index contributed by atoms with van der Waals surface area (Å²) in [5.74, 6) is 0.956. The second kappa shape index (κ2) is 4.12. The summed E-state index contributed by atoms with van der Waals surface area (Å²) in [6.45, 7) is 15.1. The molecule has 0 aliphatic carbocycles. The van der Waals surface area contributed by atoms with E-state index in [9.17, 15) is 0 Å². The molecule has 0 fully saturated rings. The number of rotatable bonds is 1. The number of ether oxygens (including phenoxy) is 1. The minimum absolute atomic E-state index is 0.129. The smallest absolute Gasteiger partial charge is 0.120 e. The lowest BCUT2D eigenvalue weighted by Gasteiger charge is -2.25. The van der Waals surface area contributed by atoms with Gasteiger partial charge in [-0.25, -0.2) is 0 Å². The van der Waals surface area contributed by atoms with Crippen LogP contribution in [0.1, 0.15) is 52.7 Å². The average Bonchev–Trinajstić information content (AvgIpc) is 1.97. The SMILES string of the molecule is Cc1cc(OC(C)(C)C)ccc1C(C)(C)C. The normalized spacial score (nSPS) is 12.7. The standard InChI is InChI=1S/C15H24O/c1-11-10-12(16-15(5,6)7)8-9-13(11)14(2,3)4/h8-10H,1-7H3. The highest BCUT2D eigenvalue weighted by Gasteiger charge is 2.17. The molecule has 0 N–H and O–H groups in total. The first-order valence-corrected chi connectivity index (χ1v) is 5.90. The van der Waals surface area contributed by atoms with E-state index in [0.717, 1.165) is 5.75 Å². The first kappa shape index (κ1) is 13.1. The van der Waals surface area contributed by atoms with Crippen molar-refractivity contribution in [1.29, 1.82) is 0 Å². The Morgan fingerprint density at radius 1 is 0.938 bits per heavy atom. The molecule has 0 spiro atoms. The van der Waals surface area contributed by atoms with Gasteiger partial charge in [-0.3, -0.25) is 0 Å². The van der Waals surface area contributed by atoms with Gasteiger partial charge in [0.1, 0.15) is 11.4 Å². The zero-order valence-corrected chi connectivity index (χ0v) is 11.6. The van der Waals surface area contributed by atoms with Gasteiger partial charge in [-0.2, -0.15) is 0 Å². The van der Waals surface area contributed by atoms with Gasteiger partial charge in [0, 0.05) is 0 Å². The Kier molecular flexibility index (Phi) is 3.37. The molecule has 0 saturated heterocycles. The number of aryl methyl sites for hydroxylation is 1. The third kappa shape index (κ3) is 3.55. The van der Waals surface area contributed by atoms with Gasteiger partial charge in [-0.05, 0) is 56.4 Å². The highest BCUT2D eigenvalue weighted by atomic mass is 16.5. The topological polar surface area (TPSA) is 9.23 Å². The van der Waals surface area contributed by atoms with E-state index in [2.05, 4.69) is 66.7 Å². The molecule has 0 aromatic heterocycles. The number of hydrogen-bond acceptors (Lipinski definition) is 1. The Bertz CT molecular complexity index is 364. The average molecular weight is 220 g/mol. The summed E-state index contributed by atoms with van der Waals surface area (Å²) >= 11 is 0. The highest BCUT2D eigenvalue weighted by molar-refractivity contribution is 5.38. The molecule has 0 unspecified atom stereocenters. The van der Waals surface area contributed by atoms with Gasteiger partial charge >= 0.3 is 0 Å². The zero-order chi connectivity index (χ0) is 12.6. The lowest BCUT2D eigenvalue weighted by atomic mass is 9.84. The molecule has 1 aromatic carbocycles. The molecule has 16 heavy (non-hydrogen) atoms. The van der Waals surface area contributed by atoms with Crippen molar-refractivity contribution in [3.63, 3.8) is 0 Å². The molecular weight excluding hydrogens is 196 g/mol. The fourth-order valence-corrected chi connectivity index (χ4v) is 1.89. The van der Waals surface area contributed by atoms with Crippen LogP contribution in [0, 0.1) is 6.92 Å². The van der Waals surface area contributed by atoms with Crippen molar-refractivity contribution in [2.24, 2.45) is 0 Å². The van der Waals surface area contributed by atoms with E-state index in [1.54, 1.807) is 0 Å². The quantitative estimate of drug-likeness (QED) is 0.678. The minimum atomic E-state index is -0.129. The van der Waals surface area contributed by atoms with E-state index in [0.29, 0.717) is 0 Å². The summed E-state index contributed by atoms with van der Waals surface area (Å²) in [5, 5.41) is 0. The maximum absolute atomic E-state index is 5.85. The summed E-state index contributed by atoms with van der Waals surface area (Å²) < 4.78 is 5.85. The fourth-order valence-electron chi connectivity index (χ4n) is 1.89. The Labute approximate surface area is 99.8 Å². The Morgan fingerprint density at radius 2 is 1.50 bits per heavy atom. The molecule has 0 atom stereocenters. The maximum Gasteiger partial charge on any atom is 0.120 e. The fraction of sp³-hybridized carbons (Fsp3) is 0.600. The van der Waals surface area contributed by atoms with Crippen molar-refractivity contribution in [3.8, 4) is 5.75 Å². The lowest BCUT2D eigenvalue weighted by Crippen LogP contribution is -2.23. The van der Waals surface area contributed by atoms with E-state index in [1.165, 1.54) is 11.1 Å². The van der Waals surface area contributed by atoms with Gasteiger partial charge in [-0.15, -0.1) is 0 Å². The van der Waals surface area contributed by atoms with Gasteiger partial charge < -0.3 is 4.74 Å². The molecule has 1 nitrogen and oxygen atoms in total.